The van der Waals surface area contributed by atoms with Gasteiger partial charge in [0.2, 0.25) is 5.91 Å². The fourth-order valence-electron chi connectivity index (χ4n) is 1.64. The van der Waals surface area contributed by atoms with E-state index in [-0.39, 0.29) is 17.5 Å². The molecule has 2 rings (SSSR count). The molecule has 0 aliphatic heterocycles. The average Bonchev–Trinajstić information content (AvgIpc) is 3.09. The summed E-state index contributed by atoms with van der Waals surface area (Å²) in [4.78, 5) is 23.6. The molecule has 1 aromatic rings. The molecule has 4 nitrogen and oxygen atoms in total. The van der Waals surface area contributed by atoms with Gasteiger partial charge in [-0.1, -0.05) is 12.1 Å². The summed E-state index contributed by atoms with van der Waals surface area (Å²) in [5.74, 6) is -2.18. The number of halogens is 1. The van der Waals surface area contributed by atoms with E-state index in [1.807, 2.05) is 0 Å². The molecule has 17 heavy (non-hydrogen) atoms. The Labute approximate surface area is 97.7 Å². The highest BCUT2D eigenvalue weighted by molar-refractivity contribution is 5.99. The average molecular weight is 237 g/mol. The molecular formula is C12H12FNO3. The lowest BCUT2D eigenvalue weighted by molar-refractivity contribution is -0.136. The monoisotopic (exact) mass is 237 g/mol. The van der Waals surface area contributed by atoms with E-state index < -0.39 is 18.3 Å². The first-order chi connectivity index (χ1) is 8.09. The zero-order valence-electron chi connectivity index (χ0n) is 9.10. The third kappa shape index (κ3) is 2.61. The van der Waals surface area contributed by atoms with Gasteiger partial charge in [-0.2, -0.15) is 0 Å². The Morgan fingerprint density at radius 3 is 2.53 bits per heavy atom. The van der Waals surface area contributed by atoms with Crippen molar-refractivity contribution >= 4 is 17.6 Å². The second-order valence-corrected chi connectivity index (χ2v) is 4.04. The van der Waals surface area contributed by atoms with Crippen molar-refractivity contribution in [1.29, 1.82) is 0 Å². The van der Waals surface area contributed by atoms with Gasteiger partial charge in [0.1, 0.15) is 12.4 Å². The number of anilines is 1. The lowest BCUT2D eigenvalue weighted by Crippen LogP contribution is -2.37. The van der Waals surface area contributed by atoms with Crippen LogP contribution >= 0.6 is 0 Å². The van der Waals surface area contributed by atoms with E-state index in [4.69, 9.17) is 5.11 Å². The van der Waals surface area contributed by atoms with Gasteiger partial charge in [0.05, 0.1) is 5.69 Å². The Hall–Kier alpha value is -1.91. The number of amides is 1. The first-order valence-electron chi connectivity index (χ1n) is 5.37. The number of para-hydroxylation sites is 1. The largest absolute Gasteiger partial charge is 0.480 e. The Morgan fingerprint density at radius 2 is 2.00 bits per heavy atom. The molecule has 1 saturated carbocycles. The van der Waals surface area contributed by atoms with Crippen molar-refractivity contribution in [3.63, 3.8) is 0 Å². The van der Waals surface area contributed by atoms with Gasteiger partial charge in [0, 0.05) is 5.92 Å². The minimum Gasteiger partial charge on any atom is -0.480 e. The zero-order chi connectivity index (χ0) is 12.4. The van der Waals surface area contributed by atoms with Crippen molar-refractivity contribution in [2.24, 2.45) is 5.92 Å². The van der Waals surface area contributed by atoms with Crippen LogP contribution in [0.25, 0.3) is 0 Å². The topological polar surface area (TPSA) is 57.6 Å². The number of carbonyl (C=O) groups is 2. The van der Waals surface area contributed by atoms with Crippen LogP contribution in [0.15, 0.2) is 24.3 Å². The van der Waals surface area contributed by atoms with E-state index in [0.717, 1.165) is 17.7 Å². The van der Waals surface area contributed by atoms with Crippen molar-refractivity contribution in [1.82, 2.24) is 0 Å². The lowest BCUT2D eigenvalue weighted by Gasteiger charge is -2.21. The highest BCUT2D eigenvalue weighted by Crippen LogP contribution is 2.33. The Kier molecular flexibility index (Phi) is 3.08. The van der Waals surface area contributed by atoms with E-state index >= 15 is 0 Å². The maximum Gasteiger partial charge on any atom is 0.323 e. The molecule has 1 amide bonds. The lowest BCUT2D eigenvalue weighted by atomic mass is 10.2. The van der Waals surface area contributed by atoms with Crippen LogP contribution in [0.4, 0.5) is 10.1 Å². The second-order valence-electron chi connectivity index (χ2n) is 4.04. The fourth-order valence-corrected chi connectivity index (χ4v) is 1.64. The molecule has 0 bridgehead atoms. The van der Waals surface area contributed by atoms with Gasteiger partial charge in [-0.15, -0.1) is 0 Å². The Bertz CT molecular complexity index is 457. The van der Waals surface area contributed by atoms with Crippen molar-refractivity contribution in [2.45, 2.75) is 12.8 Å². The van der Waals surface area contributed by atoms with Crippen molar-refractivity contribution in [2.75, 3.05) is 11.4 Å². The van der Waals surface area contributed by atoms with Crippen LogP contribution in [0, 0.1) is 11.7 Å². The third-order valence-electron chi connectivity index (χ3n) is 2.63. The molecule has 1 aliphatic carbocycles. The van der Waals surface area contributed by atoms with Gasteiger partial charge in [-0.25, -0.2) is 4.39 Å². The molecule has 0 atom stereocenters. The molecule has 1 aliphatic rings. The number of carboxylic acids is 1. The number of hydrogen-bond acceptors (Lipinski definition) is 2. The van der Waals surface area contributed by atoms with Gasteiger partial charge >= 0.3 is 5.97 Å². The molecule has 0 spiro atoms. The normalized spacial score (nSPS) is 14.4. The predicted molar refractivity (Wildman–Crippen MR) is 59.1 cm³/mol. The number of carbonyl (C=O) groups excluding carboxylic acids is 1. The zero-order valence-corrected chi connectivity index (χ0v) is 9.10. The highest BCUT2D eigenvalue weighted by Gasteiger charge is 2.35. The summed E-state index contributed by atoms with van der Waals surface area (Å²) in [5.41, 5.74) is 0.0341. The number of nitrogens with zero attached hydrogens (tertiary/aromatic N) is 1. The van der Waals surface area contributed by atoms with Crippen LogP contribution in [0.3, 0.4) is 0 Å². The highest BCUT2D eigenvalue weighted by atomic mass is 19.1. The van der Waals surface area contributed by atoms with E-state index in [0.29, 0.717) is 0 Å². The van der Waals surface area contributed by atoms with Crippen LogP contribution in [0.2, 0.25) is 0 Å². The summed E-state index contributed by atoms with van der Waals surface area (Å²) < 4.78 is 13.5. The number of carboxylic acid groups (broad SMARTS) is 1. The van der Waals surface area contributed by atoms with Gasteiger partial charge in [0.25, 0.3) is 0 Å². The molecule has 0 saturated heterocycles. The summed E-state index contributed by atoms with van der Waals surface area (Å²) in [6.45, 7) is -0.504. The van der Waals surface area contributed by atoms with Gasteiger partial charge in [-0.05, 0) is 25.0 Å². The van der Waals surface area contributed by atoms with Crippen LogP contribution in [-0.4, -0.2) is 23.5 Å². The van der Waals surface area contributed by atoms with Gasteiger partial charge in [-0.3, -0.25) is 14.5 Å². The van der Waals surface area contributed by atoms with Gasteiger partial charge in [0.15, 0.2) is 0 Å². The van der Waals surface area contributed by atoms with E-state index in [1.54, 1.807) is 6.07 Å². The van der Waals surface area contributed by atoms with Crippen LogP contribution in [0.5, 0.6) is 0 Å². The maximum atomic E-state index is 13.5. The van der Waals surface area contributed by atoms with Crippen LogP contribution < -0.4 is 4.90 Å². The molecular weight excluding hydrogens is 225 g/mol. The van der Waals surface area contributed by atoms with Crippen LogP contribution in [0.1, 0.15) is 12.8 Å². The smallest absolute Gasteiger partial charge is 0.323 e. The Morgan fingerprint density at radius 1 is 1.35 bits per heavy atom. The molecule has 1 N–H and O–H groups in total. The summed E-state index contributed by atoms with van der Waals surface area (Å²) in [6, 6.07) is 5.70. The van der Waals surface area contributed by atoms with Crippen LogP contribution in [-0.2, 0) is 9.59 Å². The van der Waals surface area contributed by atoms with Crippen molar-refractivity contribution < 1.29 is 19.1 Å². The summed E-state index contributed by atoms with van der Waals surface area (Å²) in [5, 5.41) is 8.77. The minimum absolute atomic E-state index is 0.0341. The molecule has 1 aromatic carbocycles. The van der Waals surface area contributed by atoms with Crippen molar-refractivity contribution in [3.05, 3.63) is 30.1 Å². The molecule has 0 unspecified atom stereocenters. The summed E-state index contributed by atoms with van der Waals surface area (Å²) in [6.07, 6.45) is 1.51. The molecule has 0 aromatic heterocycles. The quantitative estimate of drug-likeness (QED) is 0.866. The third-order valence-corrected chi connectivity index (χ3v) is 2.63. The number of benzene rings is 1. The Balaban J connectivity index is 2.28. The molecule has 0 radical (unpaired) electrons. The van der Waals surface area contributed by atoms with E-state index in [1.165, 1.54) is 18.2 Å². The number of hydrogen-bond donors (Lipinski definition) is 1. The number of aliphatic carboxylic acids is 1. The molecule has 0 heterocycles. The SMILES string of the molecule is O=C(O)CN(C(=O)C1CC1)c1ccccc1F. The molecule has 90 valence electrons. The van der Waals surface area contributed by atoms with Gasteiger partial charge < -0.3 is 5.11 Å². The first kappa shape index (κ1) is 11.6. The van der Waals surface area contributed by atoms with E-state index in [2.05, 4.69) is 0 Å². The fraction of sp³-hybridized carbons (Fsp3) is 0.333. The second kappa shape index (κ2) is 4.53. The minimum atomic E-state index is -1.15. The van der Waals surface area contributed by atoms with Crippen molar-refractivity contribution in [3.8, 4) is 0 Å². The predicted octanol–water partition coefficient (Wildman–Crippen LogP) is 1.65. The summed E-state index contributed by atoms with van der Waals surface area (Å²) >= 11 is 0. The van der Waals surface area contributed by atoms with E-state index in [9.17, 15) is 14.0 Å². The number of rotatable bonds is 4. The maximum absolute atomic E-state index is 13.5. The first-order valence-corrected chi connectivity index (χ1v) is 5.37. The summed E-state index contributed by atoms with van der Waals surface area (Å²) in [7, 11) is 0. The molecule has 5 heteroatoms. The standard InChI is InChI=1S/C12H12FNO3/c13-9-3-1-2-4-10(9)14(7-11(15)16)12(17)8-5-6-8/h1-4,8H,5-7H2,(H,15,16). The molecule has 1 fully saturated rings.